The van der Waals surface area contributed by atoms with Gasteiger partial charge in [-0.2, -0.15) is 0 Å². The topological polar surface area (TPSA) is 53.1 Å². The van der Waals surface area contributed by atoms with Crippen LogP contribution < -0.4 is 0 Å². The summed E-state index contributed by atoms with van der Waals surface area (Å²) < 4.78 is 0. The van der Waals surface area contributed by atoms with E-state index in [1.54, 1.807) is 0 Å². The molecule has 1 aromatic heterocycles. The second kappa shape index (κ2) is 2.37. The largest absolute Gasteiger partial charge is 0.481 e. The minimum atomic E-state index is -0.686. The number of hydrogen-bond acceptors (Lipinski definition) is 1. The average molecular weight is 179 g/mol. The van der Waals surface area contributed by atoms with Crippen LogP contribution in [0.3, 0.4) is 0 Å². The Morgan fingerprint density at radius 3 is 2.46 bits per heavy atom. The second-order valence-corrected chi connectivity index (χ2v) is 3.88. The first-order chi connectivity index (χ1) is 6.06. The van der Waals surface area contributed by atoms with Gasteiger partial charge in [0.1, 0.15) is 0 Å². The molecule has 0 aliphatic heterocycles. The molecule has 1 saturated carbocycles. The zero-order valence-corrected chi connectivity index (χ0v) is 7.85. The molecule has 0 saturated heterocycles. The molecule has 0 radical (unpaired) electrons. The first-order valence-corrected chi connectivity index (χ1v) is 4.46. The van der Waals surface area contributed by atoms with Crippen LogP contribution in [-0.2, 0) is 10.2 Å². The molecule has 0 bridgehead atoms. The molecule has 13 heavy (non-hydrogen) atoms. The highest BCUT2D eigenvalue weighted by Crippen LogP contribution is 2.49. The lowest BCUT2D eigenvalue weighted by molar-refractivity contribution is -0.140. The van der Waals surface area contributed by atoms with Crippen LogP contribution in [0.5, 0.6) is 0 Å². The Morgan fingerprint density at radius 2 is 2.15 bits per heavy atom. The number of carboxylic acid groups (broad SMARTS) is 1. The van der Waals surface area contributed by atoms with Crippen molar-refractivity contribution in [3.63, 3.8) is 0 Å². The molecule has 3 heteroatoms. The summed E-state index contributed by atoms with van der Waals surface area (Å²) >= 11 is 0. The molecule has 2 rings (SSSR count). The number of aromatic nitrogens is 1. The van der Waals surface area contributed by atoms with Gasteiger partial charge < -0.3 is 10.1 Å². The van der Waals surface area contributed by atoms with E-state index in [4.69, 9.17) is 5.11 Å². The van der Waals surface area contributed by atoms with Crippen LogP contribution in [0.1, 0.15) is 29.8 Å². The highest BCUT2D eigenvalue weighted by atomic mass is 16.4. The lowest BCUT2D eigenvalue weighted by Gasteiger charge is -2.08. The third-order valence-corrected chi connectivity index (χ3v) is 2.82. The van der Waals surface area contributed by atoms with Gasteiger partial charge in [0.2, 0.25) is 0 Å². The van der Waals surface area contributed by atoms with Crippen LogP contribution >= 0.6 is 0 Å². The van der Waals surface area contributed by atoms with Crippen molar-refractivity contribution in [1.82, 2.24) is 4.98 Å². The number of H-pyrrole nitrogens is 1. The smallest absolute Gasteiger partial charge is 0.314 e. The van der Waals surface area contributed by atoms with Gasteiger partial charge in [-0.1, -0.05) is 0 Å². The molecule has 0 unspecified atom stereocenters. The molecule has 1 aliphatic rings. The van der Waals surface area contributed by atoms with Crippen LogP contribution in [0.4, 0.5) is 0 Å². The minimum absolute atomic E-state index is 0.561. The summed E-state index contributed by atoms with van der Waals surface area (Å²) in [6.07, 6.45) is 1.56. The van der Waals surface area contributed by atoms with Crippen molar-refractivity contribution in [2.75, 3.05) is 0 Å². The summed E-state index contributed by atoms with van der Waals surface area (Å²) in [5, 5.41) is 9.08. The van der Waals surface area contributed by atoms with Crippen LogP contribution in [0, 0.1) is 13.8 Å². The standard InChI is InChI=1S/C10H13NO2/c1-6-5-8(7(2)11-6)10(3-4-10)9(12)13/h5,11H,3-4H2,1-2H3,(H,12,13). The van der Waals surface area contributed by atoms with Crippen molar-refractivity contribution in [3.8, 4) is 0 Å². The van der Waals surface area contributed by atoms with Crippen LogP contribution in [0.25, 0.3) is 0 Å². The first-order valence-electron chi connectivity index (χ1n) is 4.46. The van der Waals surface area contributed by atoms with Gasteiger partial charge in [-0.15, -0.1) is 0 Å². The van der Waals surface area contributed by atoms with Gasteiger partial charge in [0.05, 0.1) is 5.41 Å². The van der Waals surface area contributed by atoms with Crippen molar-refractivity contribution in [3.05, 3.63) is 23.0 Å². The van der Waals surface area contributed by atoms with E-state index in [1.807, 2.05) is 19.9 Å². The van der Waals surface area contributed by atoms with Crippen molar-refractivity contribution < 1.29 is 9.90 Å². The number of aromatic amines is 1. The molecule has 1 aliphatic carbocycles. The third-order valence-electron chi connectivity index (χ3n) is 2.82. The van der Waals surface area contributed by atoms with E-state index in [2.05, 4.69) is 4.98 Å². The molecule has 2 N–H and O–H groups in total. The lowest BCUT2D eigenvalue weighted by Crippen LogP contribution is -2.19. The molecule has 3 nitrogen and oxygen atoms in total. The highest BCUT2D eigenvalue weighted by Gasteiger charge is 2.52. The summed E-state index contributed by atoms with van der Waals surface area (Å²) in [7, 11) is 0. The molecular formula is C10H13NO2. The number of nitrogens with one attached hydrogen (secondary N) is 1. The summed E-state index contributed by atoms with van der Waals surface area (Å²) in [6, 6.07) is 1.95. The maximum absolute atomic E-state index is 11.0. The molecule has 0 amide bonds. The number of rotatable bonds is 2. The fourth-order valence-corrected chi connectivity index (χ4v) is 1.94. The third kappa shape index (κ3) is 1.07. The first kappa shape index (κ1) is 8.35. The Hall–Kier alpha value is -1.25. The molecule has 1 aromatic rings. The number of hydrogen-bond donors (Lipinski definition) is 2. The molecule has 1 fully saturated rings. The zero-order chi connectivity index (χ0) is 9.64. The molecule has 1 heterocycles. The maximum atomic E-state index is 11.0. The van der Waals surface area contributed by atoms with Gasteiger partial charge >= 0.3 is 5.97 Å². The normalized spacial score (nSPS) is 18.6. The highest BCUT2D eigenvalue weighted by molar-refractivity contribution is 5.85. The lowest BCUT2D eigenvalue weighted by atomic mass is 9.96. The van der Waals surface area contributed by atoms with E-state index in [-0.39, 0.29) is 0 Å². The van der Waals surface area contributed by atoms with Gasteiger partial charge in [-0.25, -0.2) is 0 Å². The van der Waals surface area contributed by atoms with E-state index < -0.39 is 11.4 Å². The zero-order valence-electron chi connectivity index (χ0n) is 7.85. The number of aliphatic carboxylic acids is 1. The quantitative estimate of drug-likeness (QED) is 0.726. The minimum Gasteiger partial charge on any atom is -0.481 e. The number of aryl methyl sites for hydroxylation is 2. The maximum Gasteiger partial charge on any atom is 0.314 e. The Kier molecular flexibility index (Phi) is 1.53. The van der Waals surface area contributed by atoms with Crippen LogP contribution in [-0.4, -0.2) is 16.1 Å². The van der Waals surface area contributed by atoms with Crippen LogP contribution in [0.15, 0.2) is 6.07 Å². The predicted octanol–water partition coefficient (Wildman–Crippen LogP) is 1.75. The Bertz CT molecular complexity index is 361. The predicted molar refractivity (Wildman–Crippen MR) is 48.8 cm³/mol. The molecule has 0 spiro atoms. The fourth-order valence-electron chi connectivity index (χ4n) is 1.94. The number of carboxylic acids is 1. The summed E-state index contributed by atoms with van der Waals surface area (Å²) in [5.74, 6) is -0.686. The average Bonchev–Trinajstić information content (AvgIpc) is 2.75. The fraction of sp³-hybridized carbons (Fsp3) is 0.500. The SMILES string of the molecule is Cc1cc(C2(C(=O)O)CC2)c(C)[nH]1. The van der Waals surface area contributed by atoms with Gasteiger partial charge in [0.15, 0.2) is 0 Å². The van der Waals surface area contributed by atoms with Gasteiger partial charge in [-0.3, -0.25) is 4.79 Å². The monoisotopic (exact) mass is 179 g/mol. The van der Waals surface area contributed by atoms with E-state index in [1.165, 1.54) is 0 Å². The van der Waals surface area contributed by atoms with E-state index in [0.29, 0.717) is 0 Å². The summed E-state index contributed by atoms with van der Waals surface area (Å²) in [5.41, 5.74) is 2.45. The van der Waals surface area contributed by atoms with E-state index in [0.717, 1.165) is 29.8 Å². The van der Waals surface area contributed by atoms with Gasteiger partial charge in [-0.05, 0) is 38.3 Å². The van der Waals surface area contributed by atoms with Crippen molar-refractivity contribution in [2.24, 2.45) is 0 Å². The summed E-state index contributed by atoms with van der Waals surface area (Å²) in [6.45, 7) is 3.89. The Labute approximate surface area is 76.8 Å². The van der Waals surface area contributed by atoms with Crippen molar-refractivity contribution in [1.29, 1.82) is 0 Å². The van der Waals surface area contributed by atoms with Crippen LogP contribution in [0.2, 0.25) is 0 Å². The molecule has 70 valence electrons. The Balaban J connectivity index is 2.46. The number of carbonyl (C=O) groups is 1. The van der Waals surface area contributed by atoms with E-state index >= 15 is 0 Å². The van der Waals surface area contributed by atoms with Crippen molar-refractivity contribution >= 4 is 5.97 Å². The summed E-state index contributed by atoms with van der Waals surface area (Å²) in [4.78, 5) is 14.2. The Morgan fingerprint density at radius 1 is 1.54 bits per heavy atom. The van der Waals surface area contributed by atoms with Gasteiger partial charge in [0, 0.05) is 11.4 Å². The van der Waals surface area contributed by atoms with E-state index in [9.17, 15) is 4.79 Å². The second-order valence-electron chi connectivity index (χ2n) is 3.88. The van der Waals surface area contributed by atoms with Crippen molar-refractivity contribution in [2.45, 2.75) is 32.1 Å². The molecular weight excluding hydrogens is 166 g/mol. The molecule has 0 aromatic carbocycles. The van der Waals surface area contributed by atoms with Gasteiger partial charge in [0.25, 0.3) is 0 Å². The molecule has 0 atom stereocenters.